The van der Waals surface area contributed by atoms with Crippen LogP contribution in [-0.4, -0.2) is 42.9 Å². The smallest absolute Gasteiger partial charge is 0.246 e. The maximum Gasteiger partial charge on any atom is 0.246 e. The van der Waals surface area contributed by atoms with E-state index in [-0.39, 0.29) is 36.4 Å². The standard InChI is InChI=1S/C20H30N4O.HI/c1-3-16-7-5-8-17(13-16)23-18(25)14-22-19(21-4-2)24-12-11-20(15-24)9-6-10-20;/h5,7-8,13H,3-4,6,9-12,14-15H2,1-2H3,(H,21,22)(H,23,25);1H. The summed E-state index contributed by atoms with van der Waals surface area (Å²) >= 11 is 0. The van der Waals surface area contributed by atoms with E-state index in [4.69, 9.17) is 0 Å². The number of benzene rings is 1. The molecule has 0 aromatic heterocycles. The van der Waals surface area contributed by atoms with Crippen molar-refractivity contribution >= 4 is 41.5 Å². The molecule has 1 amide bonds. The van der Waals surface area contributed by atoms with Crippen molar-refractivity contribution in [3.63, 3.8) is 0 Å². The van der Waals surface area contributed by atoms with E-state index in [0.717, 1.165) is 37.7 Å². The van der Waals surface area contributed by atoms with Gasteiger partial charge in [-0.1, -0.05) is 25.5 Å². The number of carbonyl (C=O) groups is 1. The van der Waals surface area contributed by atoms with Gasteiger partial charge in [0, 0.05) is 25.3 Å². The van der Waals surface area contributed by atoms with Crippen LogP contribution in [0.1, 0.15) is 45.1 Å². The number of carbonyl (C=O) groups excluding carboxylic acids is 1. The zero-order chi connectivity index (χ0) is 17.7. The Morgan fingerprint density at radius 2 is 2.08 bits per heavy atom. The second kappa shape index (κ2) is 9.58. The summed E-state index contributed by atoms with van der Waals surface area (Å²) in [5.41, 5.74) is 2.59. The third-order valence-corrected chi connectivity index (χ3v) is 5.48. The molecule has 144 valence electrons. The summed E-state index contributed by atoms with van der Waals surface area (Å²) in [5, 5.41) is 6.29. The molecule has 1 aromatic carbocycles. The number of hydrogen-bond acceptors (Lipinski definition) is 2. The minimum absolute atomic E-state index is 0. The lowest BCUT2D eigenvalue weighted by molar-refractivity contribution is -0.114. The molecule has 1 saturated carbocycles. The fourth-order valence-corrected chi connectivity index (χ4v) is 3.84. The molecular weight excluding hydrogens is 439 g/mol. The van der Waals surface area contributed by atoms with Crippen molar-refractivity contribution in [2.45, 2.75) is 46.0 Å². The van der Waals surface area contributed by atoms with Crippen molar-refractivity contribution in [3.8, 4) is 0 Å². The predicted octanol–water partition coefficient (Wildman–Crippen LogP) is 3.65. The van der Waals surface area contributed by atoms with Gasteiger partial charge in [-0.25, -0.2) is 4.99 Å². The number of likely N-dealkylation sites (tertiary alicyclic amines) is 1. The van der Waals surface area contributed by atoms with Gasteiger partial charge in [0.15, 0.2) is 5.96 Å². The Hall–Kier alpha value is -1.31. The summed E-state index contributed by atoms with van der Waals surface area (Å²) in [6.07, 6.45) is 6.27. The van der Waals surface area contributed by atoms with Crippen molar-refractivity contribution in [1.82, 2.24) is 10.2 Å². The van der Waals surface area contributed by atoms with Crippen LogP contribution in [0.15, 0.2) is 29.3 Å². The van der Waals surface area contributed by atoms with Crippen LogP contribution >= 0.6 is 24.0 Å². The summed E-state index contributed by atoms with van der Waals surface area (Å²) in [7, 11) is 0. The van der Waals surface area contributed by atoms with Crippen molar-refractivity contribution in [2.24, 2.45) is 10.4 Å². The number of guanidine groups is 1. The van der Waals surface area contributed by atoms with Crippen molar-refractivity contribution in [1.29, 1.82) is 0 Å². The first-order valence-electron chi connectivity index (χ1n) is 9.56. The van der Waals surface area contributed by atoms with Crippen LogP contribution in [0.4, 0.5) is 5.69 Å². The second-order valence-corrected chi connectivity index (χ2v) is 7.30. The highest BCUT2D eigenvalue weighted by Gasteiger charge is 2.43. The first-order valence-corrected chi connectivity index (χ1v) is 9.56. The normalized spacial score (nSPS) is 18.2. The first-order chi connectivity index (χ1) is 12.1. The Balaban J connectivity index is 0.00000243. The minimum atomic E-state index is -0.0683. The molecule has 6 heteroatoms. The van der Waals surface area contributed by atoms with E-state index in [1.54, 1.807) is 0 Å². The van der Waals surface area contributed by atoms with Gasteiger partial charge in [-0.15, -0.1) is 24.0 Å². The number of halogens is 1. The molecular formula is C20H31IN4O. The van der Waals surface area contributed by atoms with Gasteiger partial charge in [0.1, 0.15) is 6.54 Å². The number of nitrogens with one attached hydrogen (secondary N) is 2. The van der Waals surface area contributed by atoms with Gasteiger partial charge in [-0.2, -0.15) is 0 Å². The number of anilines is 1. The molecule has 2 fully saturated rings. The molecule has 1 saturated heterocycles. The zero-order valence-corrected chi connectivity index (χ0v) is 18.2. The molecule has 26 heavy (non-hydrogen) atoms. The molecule has 5 nitrogen and oxygen atoms in total. The average Bonchev–Trinajstić information content (AvgIpc) is 3.04. The largest absolute Gasteiger partial charge is 0.357 e. The second-order valence-electron chi connectivity index (χ2n) is 7.30. The van der Waals surface area contributed by atoms with Gasteiger partial charge >= 0.3 is 0 Å². The molecule has 2 aliphatic rings. The van der Waals surface area contributed by atoms with Crippen LogP contribution in [0.3, 0.4) is 0 Å². The lowest BCUT2D eigenvalue weighted by atomic mass is 9.68. The van der Waals surface area contributed by atoms with Crippen LogP contribution in [0, 0.1) is 5.41 Å². The number of nitrogens with zero attached hydrogens (tertiary/aromatic N) is 2. The van der Waals surface area contributed by atoms with Crippen LogP contribution in [0.25, 0.3) is 0 Å². The first kappa shape index (κ1) is 21.0. The number of aliphatic imine (C=N–C) groups is 1. The van der Waals surface area contributed by atoms with E-state index in [1.807, 2.05) is 18.2 Å². The number of aryl methyl sites for hydroxylation is 1. The zero-order valence-electron chi connectivity index (χ0n) is 15.9. The fraction of sp³-hybridized carbons (Fsp3) is 0.600. The Morgan fingerprint density at radius 1 is 1.27 bits per heavy atom. The summed E-state index contributed by atoms with van der Waals surface area (Å²) in [6, 6.07) is 7.99. The topological polar surface area (TPSA) is 56.7 Å². The van der Waals surface area contributed by atoms with E-state index in [2.05, 4.69) is 40.4 Å². The molecule has 3 rings (SSSR count). The highest BCUT2D eigenvalue weighted by atomic mass is 127. The molecule has 1 aromatic rings. The Kier molecular flexibility index (Phi) is 7.73. The van der Waals surface area contributed by atoms with Crippen LogP contribution < -0.4 is 10.6 Å². The van der Waals surface area contributed by atoms with Gasteiger partial charge in [-0.3, -0.25) is 4.79 Å². The average molecular weight is 470 g/mol. The van der Waals surface area contributed by atoms with E-state index in [1.165, 1.54) is 31.2 Å². The molecule has 1 heterocycles. The van der Waals surface area contributed by atoms with Gasteiger partial charge in [0.05, 0.1) is 0 Å². The maximum atomic E-state index is 12.3. The summed E-state index contributed by atoms with van der Waals surface area (Å²) < 4.78 is 0. The molecule has 1 aliphatic heterocycles. The van der Waals surface area contributed by atoms with Gasteiger partial charge in [0.2, 0.25) is 5.91 Å². The number of hydrogen-bond donors (Lipinski definition) is 2. The van der Waals surface area contributed by atoms with E-state index in [9.17, 15) is 4.79 Å². The summed E-state index contributed by atoms with van der Waals surface area (Å²) in [6.45, 7) is 7.29. The van der Waals surface area contributed by atoms with E-state index < -0.39 is 0 Å². The lowest BCUT2D eigenvalue weighted by Crippen LogP contribution is -2.43. The summed E-state index contributed by atoms with van der Waals surface area (Å²) in [4.78, 5) is 19.2. The van der Waals surface area contributed by atoms with Crippen LogP contribution in [0.2, 0.25) is 0 Å². The molecule has 0 radical (unpaired) electrons. The van der Waals surface area contributed by atoms with E-state index in [0.29, 0.717) is 5.41 Å². The SMILES string of the molecule is CCNC(=NCC(=O)Nc1cccc(CC)c1)N1CCC2(CCC2)C1.I. The van der Waals surface area contributed by atoms with Crippen molar-refractivity contribution in [2.75, 3.05) is 31.5 Å². The Bertz CT molecular complexity index is 642. The molecule has 0 atom stereocenters. The molecule has 0 unspecified atom stereocenters. The number of rotatable bonds is 5. The maximum absolute atomic E-state index is 12.3. The highest BCUT2D eigenvalue weighted by Crippen LogP contribution is 2.47. The third-order valence-electron chi connectivity index (χ3n) is 5.48. The van der Waals surface area contributed by atoms with Gasteiger partial charge < -0.3 is 15.5 Å². The fourth-order valence-electron chi connectivity index (χ4n) is 3.84. The van der Waals surface area contributed by atoms with Crippen LogP contribution in [0.5, 0.6) is 0 Å². The van der Waals surface area contributed by atoms with E-state index >= 15 is 0 Å². The molecule has 2 N–H and O–H groups in total. The quantitative estimate of drug-likeness (QED) is 0.393. The van der Waals surface area contributed by atoms with Gasteiger partial charge in [-0.05, 0) is 55.7 Å². The summed E-state index contributed by atoms with van der Waals surface area (Å²) in [5.74, 6) is 0.810. The molecule has 1 spiro atoms. The minimum Gasteiger partial charge on any atom is -0.357 e. The van der Waals surface area contributed by atoms with Gasteiger partial charge in [0.25, 0.3) is 0 Å². The van der Waals surface area contributed by atoms with Crippen molar-refractivity contribution < 1.29 is 4.79 Å². The Morgan fingerprint density at radius 3 is 2.69 bits per heavy atom. The third kappa shape index (κ3) is 5.11. The lowest BCUT2D eigenvalue weighted by Gasteiger charge is -2.38. The number of amides is 1. The highest BCUT2D eigenvalue weighted by molar-refractivity contribution is 14.0. The van der Waals surface area contributed by atoms with Crippen molar-refractivity contribution in [3.05, 3.63) is 29.8 Å². The Labute approximate surface area is 174 Å². The monoisotopic (exact) mass is 470 g/mol. The molecule has 1 aliphatic carbocycles. The molecule has 0 bridgehead atoms. The van der Waals surface area contributed by atoms with Crippen LogP contribution in [-0.2, 0) is 11.2 Å². The predicted molar refractivity (Wildman–Crippen MR) is 118 cm³/mol.